The van der Waals surface area contributed by atoms with Gasteiger partial charge in [0.05, 0.1) is 6.61 Å². The second-order valence-corrected chi connectivity index (χ2v) is 5.47. The number of rotatable bonds is 5. The molecule has 0 saturated heterocycles. The van der Waals surface area contributed by atoms with E-state index in [9.17, 15) is 8.42 Å². The van der Waals surface area contributed by atoms with Crippen molar-refractivity contribution in [2.24, 2.45) is 10.9 Å². The molecule has 1 unspecified atom stereocenters. The lowest BCUT2D eigenvalue weighted by Gasteiger charge is -2.11. The lowest BCUT2D eigenvalue weighted by Crippen LogP contribution is -2.19. The summed E-state index contributed by atoms with van der Waals surface area (Å²) in [5.41, 5.74) is 6.49. The van der Waals surface area contributed by atoms with Gasteiger partial charge in [0, 0.05) is 6.04 Å². The van der Waals surface area contributed by atoms with Crippen LogP contribution in [0.2, 0.25) is 0 Å². The van der Waals surface area contributed by atoms with Crippen molar-refractivity contribution in [1.82, 2.24) is 0 Å². The van der Waals surface area contributed by atoms with Crippen LogP contribution in [-0.2, 0) is 16.4 Å². The Labute approximate surface area is 102 Å². The monoisotopic (exact) mass is 258 g/mol. The Morgan fingerprint density at radius 1 is 1.41 bits per heavy atom. The summed E-state index contributed by atoms with van der Waals surface area (Å²) in [6.07, 6.45) is 0.592. The molecule has 0 radical (unpaired) electrons. The molecule has 0 saturated carbocycles. The fourth-order valence-corrected chi connectivity index (χ4v) is 2.27. The third-order valence-electron chi connectivity index (χ3n) is 2.17. The van der Waals surface area contributed by atoms with Crippen LogP contribution in [-0.4, -0.2) is 21.1 Å². The van der Waals surface area contributed by atoms with Gasteiger partial charge in [0.25, 0.3) is 0 Å². The Bertz CT molecular complexity index is 483. The predicted molar refractivity (Wildman–Crippen MR) is 66.3 cm³/mol. The van der Waals surface area contributed by atoms with Gasteiger partial charge >= 0.3 is 0 Å². The number of hydrogen-bond donors (Lipinski definition) is 2. The molecule has 5 nitrogen and oxygen atoms in total. The smallest absolute Gasteiger partial charge is 0.241 e. The zero-order valence-electron chi connectivity index (χ0n) is 10.0. The SMILES string of the molecule is CCOc1ccc(CC(C)N)cc1S(N)(=O)=O. The van der Waals surface area contributed by atoms with Gasteiger partial charge in [-0.2, -0.15) is 0 Å². The van der Waals surface area contributed by atoms with Gasteiger partial charge in [-0.1, -0.05) is 6.07 Å². The summed E-state index contributed by atoms with van der Waals surface area (Å²) in [7, 11) is -3.78. The molecular weight excluding hydrogens is 240 g/mol. The molecule has 1 atom stereocenters. The van der Waals surface area contributed by atoms with Crippen LogP contribution >= 0.6 is 0 Å². The topological polar surface area (TPSA) is 95.4 Å². The van der Waals surface area contributed by atoms with Crippen LogP contribution < -0.4 is 15.6 Å². The minimum Gasteiger partial charge on any atom is -0.492 e. The second kappa shape index (κ2) is 5.48. The molecule has 4 N–H and O–H groups in total. The van der Waals surface area contributed by atoms with E-state index >= 15 is 0 Å². The molecule has 17 heavy (non-hydrogen) atoms. The third-order valence-corrected chi connectivity index (χ3v) is 3.10. The Kier molecular flexibility index (Phi) is 4.50. The minimum atomic E-state index is -3.78. The highest BCUT2D eigenvalue weighted by molar-refractivity contribution is 7.89. The minimum absolute atomic E-state index is 0.0116. The number of primary sulfonamides is 1. The molecule has 0 aliphatic carbocycles. The molecule has 0 aromatic heterocycles. The van der Waals surface area contributed by atoms with E-state index in [0.29, 0.717) is 13.0 Å². The lowest BCUT2D eigenvalue weighted by atomic mass is 10.1. The number of nitrogens with two attached hydrogens (primary N) is 2. The van der Waals surface area contributed by atoms with Crippen molar-refractivity contribution >= 4 is 10.0 Å². The van der Waals surface area contributed by atoms with E-state index in [4.69, 9.17) is 15.6 Å². The number of hydrogen-bond acceptors (Lipinski definition) is 4. The van der Waals surface area contributed by atoms with Crippen molar-refractivity contribution in [2.45, 2.75) is 31.2 Å². The summed E-state index contributed by atoms with van der Waals surface area (Å²) in [6.45, 7) is 4.02. The Morgan fingerprint density at radius 3 is 2.53 bits per heavy atom. The normalized spacial score (nSPS) is 13.4. The molecule has 96 valence electrons. The van der Waals surface area contributed by atoms with Crippen LogP contribution in [0.5, 0.6) is 5.75 Å². The molecule has 0 aliphatic heterocycles. The number of benzene rings is 1. The van der Waals surface area contributed by atoms with E-state index in [-0.39, 0.29) is 16.7 Å². The van der Waals surface area contributed by atoms with Crippen LogP contribution in [0, 0.1) is 0 Å². The van der Waals surface area contributed by atoms with Crippen LogP contribution in [0.3, 0.4) is 0 Å². The van der Waals surface area contributed by atoms with Crippen molar-refractivity contribution in [3.63, 3.8) is 0 Å². The highest BCUT2D eigenvalue weighted by atomic mass is 32.2. The van der Waals surface area contributed by atoms with Gasteiger partial charge in [-0.25, -0.2) is 13.6 Å². The van der Waals surface area contributed by atoms with Gasteiger partial charge in [-0.05, 0) is 38.0 Å². The molecule has 1 aromatic carbocycles. The summed E-state index contributed by atoms with van der Waals surface area (Å²) in [6, 6.07) is 4.88. The van der Waals surface area contributed by atoms with E-state index in [0.717, 1.165) is 5.56 Å². The Morgan fingerprint density at radius 2 is 2.06 bits per heavy atom. The van der Waals surface area contributed by atoms with Crippen LogP contribution in [0.25, 0.3) is 0 Å². The first-order valence-electron chi connectivity index (χ1n) is 5.38. The maximum absolute atomic E-state index is 11.4. The van der Waals surface area contributed by atoms with Crippen LogP contribution in [0.4, 0.5) is 0 Å². The van der Waals surface area contributed by atoms with Crippen LogP contribution in [0.15, 0.2) is 23.1 Å². The highest BCUT2D eigenvalue weighted by Crippen LogP contribution is 2.24. The predicted octanol–water partition coefficient (Wildman–Crippen LogP) is 0.622. The highest BCUT2D eigenvalue weighted by Gasteiger charge is 2.16. The third kappa shape index (κ3) is 3.99. The lowest BCUT2D eigenvalue weighted by molar-refractivity contribution is 0.331. The molecule has 0 heterocycles. The fourth-order valence-electron chi connectivity index (χ4n) is 1.55. The summed E-state index contributed by atoms with van der Waals surface area (Å²) in [5.74, 6) is 0.281. The van der Waals surface area contributed by atoms with Gasteiger partial charge in [0.1, 0.15) is 10.6 Å². The first-order chi connectivity index (χ1) is 7.84. The van der Waals surface area contributed by atoms with Crippen molar-refractivity contribution in [3.05, 3.63) is 23.8 Å². The summed E-state index contributed by atoms with van der Waals surface area (Å²) in [4.78, 5) is 0.0116. The van der Waals surface area contributed by atoms with Crippen molar-refractivity contribution in [3.8, 4) is 5.75 Å². The van der Waals surface area contributed by atoms with Crippen molar-refractivity contribution in [2.75, 3.05) is 6.61 Å². The van der Waals surface area contributed by atoms with Gasteiger partial charge in [0.15, 0.2) is 0 Å². The molecule has 0 fully saturated rings. The first-order valence-corrected chi connectivity index (χ1v) is 6.93. The maximum Gasteiger partial charge on any atom is 0.241 e. The molecule has 0 bridgehead atoms. The maximum atomic E-state index is 11.4. The molecule has 0 spiro atoms. The Hall–Kier alpha value is -1.11. The summed E-state index contributed by atoms with van der Waals surface area (Å²) in [5, 5.41) is 5.15. The van der Waals surface area contributed by atoms with Gasteiger partial charge in [-0.3, -0.25) is 0 Å². The van der Waals surface area contributed by atoms with Crippen LogP contribution in [0.1, 0.15) is 19.4 Å². The average Bonchev–Trinajstić information content (AvgIpc) is 2.18. The summed E-state index contributed by atoms with van der Waals surface area (Å²) < 4.78 is 28.1. The standard InChI is InChI=1S/C11H18N2O3S/c1-3-16-10-5-4-9(6-8(2)12)7-11(10)17(13,14)15/h4-5,7-8H,3,6,12H2,1-2H3,(H2,13,14,15). The van der Waals surface area contributed by atoms with Gasteiger partial charge < -0.3 is 10.5 Å². The quantitative estimate of drug-likeness (QED) is 0.809. The van der Waals surface area contributed by atoms with Gasteiger partial charge in [0.2, 0.25) is 10.0 Å². The van der Waals surface area contributed by atoms with E-state index in [1.807, 2.05) is 6.92 Å². The largest absolute Gasteiger partial charge is 0.492 e. The second-order valence-electron chi connectivity index (χ2n) is 3.94. The fraction of sp³-hybridized carbons (Fsp3) is 0.455. The van der Waals surface area contributed by atoms with E-state index in [1.54, 1.807) is 19.1 Å². The Balaban J connectivity index is 3.20. The summed E-state index contributed by atoms with van der Waals surface area (Å²) >= 11 is 0. The number of ether oxygens (including phenoxy) is 1. The van der Waals surface area contributed by atoms with Crippen molar-refractivity contribution < 1.29 is 13.2 Å². The number of sulfonamides is 1. The van der Waals surface area contributed by atoms with E-state index < -0.39 is 10.0 Å². The molecule has 1 aromatic rings. The zero-order valence-corrected chi connectivity index (χ0v) is 10.8. The molecular formula is C11H18N2O3S. The van der Waals surface area contributed by atoms with E-state index in [2.05, 4.69) is 0 Å². The van der Waals surface area contributed by atoms with Gasteiger partial charge in [-0.15, -0.1) is 0 Å². The molecule has 0 amide bonds. The van der Waals surface area contributed by atoms with E-state index in [1.165, 1.54) is 6.07 Å². The molecule has 1 rings (SSSR count). The van der Waals surface area contributed by atoms with Crippen molar-refractivity contribution in [1.29, 1.82) is 0 Å². The first kappa shape index (κ1) is 14.0. The average molecular weight is 258 g/mol. The molecule has 6 heteroatoms. The zero-order chi connectivity index (χ0) is 13.1. The molecule has 0 aliphatic rings.